The lowest BCUT2D eigenvalue weighted by Crippen LogP contribution is -2.49. The number of benzene rings is 1. The second kappa shape index (κ2) is 8.69. The van der Waals surface area contributed by atoms with Crippen LogP contribution in [0.1, 0.15) is 37.7 Å². The van der Waals surface area contributed by atoms with Gasteiger partial charge in [-0.3, -0.25) is 4.79 Å². The average Bonchev–Trinajstić information content (AvgIpc) is 2.52. The van der Waals surface area contributed by atoms with Crippen molar-refractivity contribution in [1.82, 2.24) is 4.90 Å². The number of ether oxygens (including phenoxy) is 1. The fraction of sp³-hybridized carbons (Fsp3) is 0.632. The Morgan fingerprint density at radius 3 is 2.48 bits per heavy atom. The zero-order valence-electron chi connectivity index (χ0n) is 15.2. The summed E-state index contributed by atoms with van der Waals surface area (Å²) in [5.41, 5.74) is 6.89. The number of hydrogen-bond acceptors (Lipinski definition) is 3. The van der Waals surface area contributed by atoms with Crippen LogP contribution in [0.5, 0.6) is 5.75 Å². The van der Waals surface area contributed by atoms with Crippen LogP contribution in [0.25, 0.3) is 0 Å². The highest BCUT2D eigenvalue weighted by atomic mass is 35.5. The summed E-state index contributed by atoms with van der Waals surface area (Å²) in [6.07, 6.45) is 0.269. The van der Waals surface area contributed by atoms with Gasteiger partial charge in [0.1, 0.15) is 5.75 Å². The standard InChI is InChI=1S/C19H25F3N2O2.ClH/c1-24(11-12-4-2-7-16(8-12)26-19(20,21)22)18(25)15-9-13-5-3-6-14(10-15)17(13)23;/h2,4,7-8,13-15,17H,3,5-6,9-11,23H2,1H3;1H. The van der Waals surface area contributed by atoms with E-state index in [1.807, 2.05) is 0 Å². The van der Waals surface area contributed by atoms with E-state index in [0.29, 0.717) is 17.4 Å². The topological polar surface area (TPSA) is 55.6 Å². The first-order valence-electron chi connectivity index (χ1n) is 9.08. The SMILES string of the molecule is CN(Cc1cccc(OC(F)(F)F)c1)C(=O)C1CC2CCCC(C1)C2N.Cl. The molecule has 1 aromatic carbocycles. The third-order valence-electron chi connectivity index (χ3n) is 5.69. The maximum Gasteiger partial charge on any atom is 0.573 e. The molecule has 27 heavy (non-hydrogen) atoms. The van der Waals surface area contributed by atoms with E-state index in [1.54, 1.807) is 18.0 Å². The first-order valence-corrected chi connectivity index (χ1v) is 9.08. The fourth-order valence-electron chi connectivity index (χ4n) is 4.50. The third kappa shape index (κ3) is 5.51. The minimum absolute atomic E-state index is 0. The average molecular weight is 407 g/mol. The van der Waals surface area contributed by atoms with Crippen molar-refractivity contribution < 1.29 is 22.7 Å². The summed E-state index contributed by atoms with van der Waals surface area (Å²) in [4.78, 5) is 14.4. The maximum absolute atomic E-state index is 12.8. The lowest BCUT2D eigenvalue weighted by Gasteiger charge is -2.44. The molecular weight excluding hydrogens is 381 g/mol. The number of rotatable bonds is 4. The number of hydrogen-bond donors (Lipinski definition) is 1. The highest BCUT2D eigenvalue weighted by Crippen LogP contribution is 2.42. The van der Waals surface area contributed by atoms with Crippen molar-refractivity contribution in [2.45, 2.75) is 51.1 Å². The van der Waals surface area contributed by atoms with Gasteiger partial charge in [-0.2, -0.15) is 0 Å². The maximum atomic E-state index is 12.8. The molecule has 0 radical (unpaired) electrons. The van der Waals surface area contributed by atoms with E-state index < -0.39 is 6.36 Å². The molecule has 0 heterocycles. The van der Waals surface area contributed by atoms with Crippen LogP contribution in [-0.4, -0.2) is 30.3 Å². The lowest BCUT2D eigenvalue weighted by molar-refractivity contribution is -0.274. The predicted molar refractivity (Wildman–Crippen MR) is 98.4 cm³/mol. The van der Waals surface area contributed by atoms with Crippen molar-refractivity contribution in [3.63, 3.8) is 0 Å². The quantitative estimate of drug-likeness (QED) is 0.818. The van der Waals surface area contributed by atoms with Crippen molar-refractivity contribution in [2.75, 3.05) is 7.05 Å². The smallest absolute Gasteiger partial charge is 0.406 e. The van der Waals surface area contributed by atoms with Gasteiger partial charge in [0, 0.05) is 25.6 Å². The van der Waals surface area contributed by atoms with Gasteiger partial charge in [-0.05, 0) is 55.2 Å². The zero-order chi connectivity index (χ0) is 18.9. The Morgan fingerprint density at radius 1 is 1.26 bits per heavy atom. The largest absolute Gasteiger partial charge is 0.573 e. The van der Waals surface area contributed by atoms with Crippen molar-refractivity contribution in [2.24, 2.45) is 23.5 Å². The van der Waals surface area contributed by atoms with Crippen molar-refractivity contribution in [1.29, 1.82) is 0 Å². The van der Waals surface area contributed by atoms with E-state index in [-0.39, 0.29) is 42.6 Å². The normalized spacial score (nSPS) is 27.4. The second-order valence-corrected chi connectivity index (χ2v) is 7.59. The number of halogens is 4. The van der Waals surface area contributed by atoms with Crippen LogP contribution in [-0.2, 0) is 11.3 Å². The molecule has 4 nitrogen and oxygen atoms in total. The van der Waals surface area contributed by atoms with E-state index in [2.05, 4.69) is 4.74 Å². The molecule has 3 rings (SSSR count). The van der Waals surface area contributed by atoms with E-state index in [0.717, 1.165) is 25.7 Å². The number of carbonyl (C=O) groups is 1. The van der Waals surface area contributed by atoms with Crippen LogP contribution in [0.4, 0.5) is 13.2 Å². The summed E-state index contributed by atoms with van der Waals surface area (Å²) in [6, 6.07) is 5.97. The molecule has 2 fully saturated rings. The molecule has 8 heteroatoms. The van der Waals surface area contributed by atoms with Crippen LogP contribution in [0.2, 0.25) is 0 Å². The monoisotopic (exact) mass is 406 g/mol. The molecule has 0 aromatic heterocycles. The lowest BCUT2D eigenvalue weighted by atomic mass is 9.65. The van der Waals surface area contributed by atoms with Crippen molar-refractivity contribution in [3.05, 3.63) is 29.8 Å². The molecule has 2 aliphatic carbocycles. The first-order chi connectivity index (χ1) is 12.2. The van der Waals surface area contributed by atoms with Gasteiger partial charge in [0.05, 0.1) is 0 Å². The van der Waals surface area contributed by atoms with E-state index >= 15 is 0 Å². The molecule has 2 aliphatic rings. The van der Waals surface area contributed by atoms with Crippen molar-refractivity contribution >= 4 is 18.3 Å². The Kier molecular flexibility index (Phi) is 7.03. The van der Waals surface area contributed by atoms with Gasteiger partial charge in [0.2, 0.25) is 5.91 Å². The fourth-order valence-corrected chi connectivity index (χ4v) is 4.50. The Hall–Kier alpha value is -1.47. The van der Waals surface area contributed by atoms with Gasteiger partial charge in [-0.25, -0.2) is 0 Å². The summed E-state index contributed by atoms with van der Waals surface area (Å²) in [6.45, 7) is 0.256. The zero-order valence-corrected chi connectivity index (χ0v) is 16.1. The Morgan fingerprint density at radius 2 is 1.89 bits per heavy atom. The highest BCUT2D eigenvalue weighted by molar-refractivity contribution is 5.85. The van der Waals surface area contributed by atoms with Gasteiger partial charge in [-0.15, -0.1) is 25.6 Å². The molecule has 2 saturated carbocycles. The van der Waals surface area contributed by atoms with E-state index in [4.69, 9.17) is 5.73 Å². The summed E-state index contributed by atoms with van der Waals surface area (Å²) < 4.78 is 41.0. The summed E-state index contributed by atoms with van der Waals surface area (Å²) in [5, 5.41) is 0. The van der Waals surface area contributed by atoms with Crippen LogP contribution >= 0.6 is 12.4 Å². The molecule has 1 aromatic rings. The minimum Gasteiger partial charge on any atom is -0.406 e. The third-order valence-corrected chi connectivity index (χ3v) is 5.69. The van der Waals surface area contributed by atoms with Crippen LogP contribution in [0, 0.1) is 17.8 Å². The van der Waals surface area contributed by atoms with Crippen LogP contribution in [0.3, 0.4) is 0 Å². The van der Waals surface area contributed by atoms with Crippen molar-refractivity contribution in [3.8, 4) is 5.75 Å². The number of alkyl halides is 3. The highest BCUT2D eigenvalue weighted by Gasteiger charge is 2.41. The molecule has 0 aliphatic heterocycles. The number of nitrogens with zero attached hydrogens (tertiary/aromatic N) is 1. The number of carbonyl (C=O) groups excluding carboxylic acids is 1. The summed E-state index contributed by atoms with van der Waals surface area (Å²) in [7, 11) is 1.70. The van der Waals surface area contributed by atoms with E-state index in [9.17, 15) is 18.0 Å². The Labute approximate surface area is 163 Å². The summed E-state index contributed by atoms with van der Waals surface area (Å²) in [5.74, 6) is 0.566. The van der Waals surface area contributed by atoms with E-state index in [1.165, 1.54) is 24.6 Å². The minimum atomic E-state index is -4.72. The molecule has 0 spiro atoms. The van der Waals surface area contributed by atoms with Gasteiger partial charge >= 0.3 is 6.36 Å². The molecule has 0 saturated heterocycles. The predicted octanol–water partition coefficient (Wildman–Crippen LogP) is 4.12. The molecular formula is C19H26ClF3N2O2. The number of fused-ring (bicyclic) bond motifs is 2. The van der Waals surface area contributed by atoms with Gasteiger partial charge in [0.15, 0.2) is 0 Å². The first kappa shape index (κ1) is 21.8. The number of amides is 1. The Bertz CT molecular complexity index is 642. The molecule has 2 atom stereocenters. The molecule has 1 amide bonds. The second-order valence-electron chi connectivity index (χ2n) is 7.59. The van der Waals surface area contributed by atoms with Crippen LogP contribution in [0.15, 0.2) is 24.3 Å². The molecule has 2 N–H and O–H groups in total. The Balaban J connectivity index is 0.00000261. The van der Waals surface area contributed by atoms with Crippen LogP contribution < -0.4 is 10.5 Å². The van der Waals surface area contributed by atoms with Gasteiger partial charge < -0.3 is 15.4 Å². The molecule has 2 unspecified atom stereocenters. The molecule has 152 valence electrons. The van der Waals surface area contributed by atoms with Gasteiger partial charge in [-0.1, -0.05) is 18.6 Å². The molecule has 2 bridgehead atoms. The number of nitrogens with two attached hydrogens (primary N) is 1. The summed E-state index contributed by atoms with van der Waals surface area (Å²) >= 11 is 0. The van der Waals surface area contributed by atoms with Gasteiger partial charge in [0.25, 0.3) is 0 Å².